The van der Waals surface area contributed by atoms with E-state index in [0.717, 1.165) is 22.6 Å². The van der Waals surface area contributed by atoms with Crippen molar-refractivity contribution in [1.82, 2.24) is 25.8 Å². The molecule has 0 aromatic carbocycles. The lowest BCUT2D eigenvalue weighted by molar-refractivity contribution is -0.149. The Morgan fingerprint density at radius 2 is 1.72 bits per heavy atom. The number of carbonyl (C=O) groups is 3. The molecule has 2 aromatic heterocycles. The van der Waals surface area contributed by atoms with Crippen LogP contribution in [0.4, 0.5) is 0 Å². The molecular weight excluding hydrogens is 414 g/mol. The molecule has 9 nitrogen and oxygen atoms in total. The van der Waals surface area contributed by atoms with Gasteiger partial charge >= 0.3 is 5.97 Å². The lowest BCUT2D eigenvalue weighted by atomic mass is 10.1. The van der Waals surface area contributed by atoms with E-state index in [1.807, 2.05) is 32.4 Å². The summed E-state index contributed by atoms with van der Waals surface area (Å²) in [5.74, 6) is -1.54. The Labute approximate surface area is 177 Å². The molecule has 0 aliphatic rings. The fourth-order valence-corrected chi connectivity index (χ4v) is 3.67. The van der Waals surface area contributed by atoms with Gasteiger partial charge in [-0.25, -0.2) is 15.0 Å². The summed E-state index contributed by atoms with van der Waals surface area (Å²) in [4.78, 5) is 48.3. The smallest absolute Gasteiger partial charge is 0.306 e. The van der Waals surface area contributed by atoms with Crippen LogP contribution in [-0.4, -0.2) is 45.6 Å². The maximum Gasteiger partial charge on any atom is 0.306 e. The van der Waals surface area contributed by atoms with E-state index in [1.165, 1.54) is 23.1 Å². The molecule has 2 heterocycles. The minimum atomic E-state index is -0.623. The Balaban J connectivity index is 1.69. The van der Waals surface area contributed by atoms with Crippen molar-refractivity contribution >= 4 is 40.9 Å². The van der Waals surface area contributed by atoms with Gasteiger partial charge in [-0.3, -0.25) is 25.2 Å². The van der Waals surface area contributed by atoms with Gasteiger partial charge in [-0.05, 0) is 39.0 Å². The first kappa shape index (κ1) is 22.8. The number of thioether (sulfide) groups is 1. The molecule has 0 atom stereocenters. The molecule has 2 amide bonds. The standard InChI is InChI=1S/C18H23N5O4S2/c1-10-9-29-16(19-10)7-14(24)22-23-15(25)8-27-17(26)6-5-13-11(2)20-18(28-4)21-12(13)3/h9H,5-8H2,1-4H3,(H,22,24)(H,23,25). The molecule has 0 saturated carbocycles. The fourth-order valence-electron chi connectivity index (χ4n) is 2.45. The van der Waals surface area contributed by atoms with Crippen LogP contribution in [0, 0.1) is 20.8 Å². The molecule has 2 N–H and O–H groups in total. The number of hydrogen-bond donors (Lipinski definition) is 2. The van der Waals surface area contributed by atoms with Crippen LogP contribution in [0.25, 0.3) is 0 Å². The van der Waals surface area contributed by atoms with Gasteiger partial charge in [0.1, 0.15) is 5.01 Å². The zero-order valence-corrected chi connectivity index (χ0v) is 18.3. The second-order valence-electron chi connectivity index (χ2n) is 6.18. The van der Waals surface area contributed by atoms with Crippen LogP contribution in [-0.2, 0) is 32.0 Å². The summed E-state index contributed by atoms with van der Waals surface area (Å²) in [5.41, 5.74) is 7.86. The molecule has 0 aliphatic heterocycles. The summed E-state index contributed by atoms with van der Waals surface area (Å²) < 4.78 is 4.95. The molecule has 0 fully saturated rings. The molecule has 156 valence electrons. The summed E-state index contributed by atoms with van der Waals surface area (Å²) in [6, 6.07) is 0. The molecule has 11 heteroatoms. The number of esters is 1. The lowest BCUT2D eigenvalue weighted by Crippen LogP contribution is -2.44. The topological polar surface area (TPSA) is 123 Å². The van der Waals surface area contributed by atoms with E-state index < -0.39 is 24.4 Å². The van der Waals surface area contributed by atoms with Gasteiger partial charge in [-0.2, -0.15) is 0 Å². The SMILES string of the molecule is CSc1nc(C)c(CCC(=O)OCC(=O)NNC(=O)Cc2nc(C)cs2)c(C)n1. The van der Waals surface area contributed by atoms with Gasteiger partial charge in [0.25, 0.3) is 5.91 Å². The van der Waals surface area contributed by atoms with Crippen LogP contribution in [0.3, 0.4) is 0 Å². The third-order valence-electron chi connectivity index (χ3n) is 3.85. The summed E-state index contributed by atoms with van der Waals surface area (Å²) >= 11 is 2.83. The number of hydrogen-bond acceptors (Lipinski definition) is 9. The quantitative estimate of drug-likeness (QED) is 0.275. The van der Waals surface area contributed by atoms with Crippen molar-refractivity contribution in [2.75, 3.05) is 12.9 Å². The van der Waals surface area contributed by atoms with Crippen molar-refractivity contribution in [3.63, 3.8) is 0 Å². The van der Waals surface area contributed by atoms with Crippen molar-refractivity contribution < 1.29 is 19.1 Å². The highest BCUT2D eigenvalue weighted by atomic mass is 32.2. The Morgan fingerprint density at radius 1 is 1.07 bits per heavy atom. The number of aromatic nitrogens is 3. The highest BCUT2D eigenvalue weighted by molar-refractivity contribution is 7.98. The number of thiazole rings is 1. The minimum absolute atomic E-state index is 0.0642. The van der Waals surface area contributed by atoms with Crippen molar-refractivity contribution in [2.45, 2.75) is 45.2 Å². The monoisotopic (exact) mass is 437 g/mol. The van der Waals surface area contributed by atoms with Crippen LogP contribution in [0.5, 0.6) is 0 Å². The van der Waals surface area contributed by atoms with Crippen molar-refractivity contribution in [1.29, 1.82) is 0 Å². The average Bonchev–Trinajstić information content (AvgIpc) is 3.08. The maximum atomic E-state index is 11.9. The Morgan fingerprint density at radius 3 is 2.31 bits per heavy atom. The van der Waals surface area contributed by atoms with Crippen LogP contribution in [0.2, 0.25) is 0 Å². The number of carbonyl (C=O) groups excluding carboxylic acids is 3. The summed E-state index contributed by atoms with van der Waals surface area (Å²) in [7, 11) is 0. The molecule has 0 unspecified atom stereocenters. The number of ether oxygens (including phenoxy) is 1. The van der Waals surface area contributed by atoms with Crippen LogP contribution in [0.15, 0.2) is 10.5 Å². The first-order chi connectivity index (χ1) is 13.8. The number of amides is 2. The van der Waals surface area contributed by atoms with E-state index in [2.05, 4.69) is 25.8 Å². The molecule has 0 aliphatic carbocycles. The van der Waals surface area contributed by atoms with Crippen LogP contribution >= 0.6 is 23.1 Å². The Hall–Kier alpha value is -2.53. The van der Waals surface area contributed by atoms with E-state index in [9.17, 15) is 14.4 Å². The molecule has 29 heavy (non-hydrogen) atoms. The second-order valence-corrected chi connectivity index (χ2v) is 7.89. The van der Waals surface area contributed by atoms with Gasteiger partial charge in [0.15, 0.2) is 11.8 Å². The first-order valence-corrected chi connectivity index (χ1v) is 10.9. The first-order valence-electron chi connectivity index (χ1n) is 8.81. The normalized spacial score (nSPS) is 10.5. The number of hydrazine groups is 1. The van der Waals surface area contributed by atoms with Crippen LogP contribution < -0.4 is 10.9 Å². The molecule has 0 spiro atoms. The van der Waals surface area contributed by atoms with Gasteiger partial charge in [0.05, 0.1) is 6.42 Å². The zero-order valence-electron chi connectivity index (χ0n) is 16.7. The Bertz CT molecular complexity index is 877. The summed E-state index contributed by atoms with van der Waals surface area (Å²) in [5, 5.41) is 3.18. The second kappa shape index (κ2) is 10.9. The Kier molecular flexibility index (Phi) is 8.52. The van der Waals surface area contributed by atoms with Crippen LogP contribution in [0.1, 0.15) is 34.1 Å². The molecule has 0 saturated heterocycles. The fraction of sp³-hybridized carbons (Fsp3) is 0.444. The molecule has 2 rings (SSSR count). The van der Waals surface area contributed by atoms with E-state index >= 15 is 0 Å². The lowest BCUT2D eigenvalue weighted by Gasteiger charge is -2.10. The average molecular weight is 438 g/mol. The predicted octanol–water partition coefficient (Wildman–Crippen LogP) is 1.45. The van der Waals surface area contributed by atoms with Gasteiger partial charge in [-0.1, -0.05) is 11.8 Å². The van der Waals surface area contributed by atoms with E-state index in [0.29, 0.717) is 16.6 Å². The van der Waals surface area contributed by atoms with Crippen molar-refractivity contribution in [3.05, 3.63) is 33.0 Å². The molecule has 0 radical (unpaired) electrons. The summed E-state index contributed by atoms with van der Waals surface area (Å²) in [6.07, 6.45) is 2.50. The molecular formula is C18H23N5O4S2. The maximum absolute atomic E-state index is 11.9. The van der Waals surface area contributed by atoms with Crippen molar-refractivity contribution in [3.8, 4) is 0 Å². The van der Waals surface area contributed by atoms with Gasteiger partial charge in [0, 0.05) is 28.9 Å². The third-order valence-corrected chi connectivity index (χ3v) is 5.36. The minimum Gasteiger partial charge on any atom is -0.455 e. The van der Waals surface area contributed by atoms with Gasteiger partial charge in [0.2, 0.25) is 5.91 Å². The van der Waals surface area contributed by atoms with E-state index in [-0.39, 0.29) is 12.8 Å². The number of nitrogens with zero attached hydrogens (tertiary/aromatic N) is 3. The van der Waals surface area contributed by atoms with Crippen molar-refractivity contribution in [2.24, 2.45) is 0 Å². The number of rotatable bonds is 8. The molecule has 0 bridgehead atoms. The van der Waals surface area contributed by atoms with Gasteiger partial charge < -0.3 is 4.74 Å². The number of nitrogens with one attached hydrogen (secondary N) is 2. The zero-order chi connectivity index (χ0) is 21.4. The predicted molar refractivity (Wildman–Crippen MR) is 109 cm³/mol. The van der Waals surface area contributed by atoms with E-state index in [1.54, 1.807) is 0 Å². The summed E-state index contributed by atoms with van der Waals surface area (Å²) in [6.45, 7) is 5.11. The highest BCUT2D eigenvalue weighted by Gasteiger charge is 2.13. The molecule has 2 aromatic rings. The third kappa shape index (κ3) is 7.42. The number of aryl methyl sites for hydroxylation is 3. The van der Waals surface area contributed by atoms with E-state index in [4.69, 9.17) is 4.74 Å². The highest BCUT2D eigenvalue weighted by Crippen LogP contribution is 2.17. The van der Waals surface area contributed by atoms with Gasteiger partial charge in [-0.15, -0.1) is 11.3 Å². The largest absolute Gasteiger partial charge is 0.455 e.